The fraction of sp³-hybridized carbons (Fsp3) is 0. The lowest BCUT2D eigenvalue weighted by molar-refractivity contribution is 1.70. The lowest BCUT2D eigenvalue weighted by atomic mass is 9.81. The molecule has 246 valence electrons. The van der Waals surface area contributed by atoms with E-state index in [0.29, 0.717) is 0 Å². The van der Waals surface area contributed by atoms with E-state index in [9.17, 15) is 0 Å². The van der Waals surface area contributed by atoms with E-state index in [1.165, 1.54) is 130 Å². The van der Waals surface area contributed by atoms with E-state index in [1.807, 2.05) is 0 Å². The van der Waals surface area contributed by atoms with Crippen LogP contribution in [-0.2, 0) is 0 Å². The van der Waals surface area contributed by atoms with Crippen molar-refractivity contribution < 1.29 is 0 Å². The zero-order valence-corrected chi connectivity index (χ0v) is 29.3. The topological polar surface area (TPSA) is 0 Å². The van der Waals surface area contributed by atoms with Gasteiger partial charge in [0.1, 0.15) is 0 Å². The molecule has 0 aliphatic rings. The van der Waals surface area contributed by atoms with Crippen LogP contribution in [0.1, 0.15) is 0 Å². The molecule has 13 rings (SSSR count). The Hall–Kier alpha value is -7.02. The third-order valence-electron chi connectivity index (χ3n) is 12.5. The molecule has 0 atom stereocenters. The number of fused-ring (bicyclic) bond motifs is 6. The Morgan fingerprint density at radius 3 is 0.778 bits per heavy atom. The van der Waals surface area contributed by atoms with Crippen molar-refractivity contribution in [3.8, 4) is 22.3 Å². The van der Waals surface area contributed by atoms with Gasteiger partial charge in [0.2, 0.25) is 0 Å². The fourth-order valence-electron chi connectivity index (χ4n) is 10.4. The molecule has 0 radical (unpaired) electrons. The molecule has 0 fully saturated rings. The Morgan fingerprint density at radius 1 is 0.167 bits per heavy atom. The van der Waals surface area contributed by atoms with Gasteiger partial charge in [-0.25, -0.2) is 0 Å². The number of hydrogen-bond acceptors (Lipinski definition) is 0. The number of hydrogen-bond donors (Lipinski definition) is 0. The van der Waals surface area contributed by atoms with Crippen LogP contribution in [0.5, 0.6) is 0 Å². The molecule has 0 spiro atoms. The molecule has 13 aromatic rings. The summed E-state index contributed by atoms with van der Waals surface area (Å²) in [5.41, 5.74) is 5.16. The van der Waals surface area contributed by atoms with E-state index in [1.54, 1.807) is 0 Å². The second-order valence-electron chi connectivity index (χ2n) is 15.0. The first-order chi connectivity index (χ1) is 26.8. The Kier molecular flexibility index (Phi) is 5.45. The molecule has 13 aromatic carbocycles. The zero-order valence-electron chi connectivity index (χ0n) is 29.3. The molecular formula is C54H30. The maximum atomic E-state index is 2.39. The van der Waals surface area contributed by atoms with Crippen molar-refractivity contribution in [2.24, 2.45) is 0 Å². The molecule has 0 aliphatic heterocycles. The molecule has 0 bridgehead atoms. The van der Waals surface area contributed by atoms with Crippen molar-refractivity contribution in [3.05, 3.63) is 182 Å². The van der Waals surface area contributed by atoms with Gasteiger partial charge in [0.25, 0.3) is 0 Å². The van der Waals surface area contributed by atoms with Crippen molar-refractivity contribution in [1.82, 2.24) is 0 Å². The van der Waals surface area contributed by atoms with Gasteiger partial charge < -0.3 is 0 Å². The van der Waals surface area contributed by atoms with Crippen LogP contribution in [-0.4, -0.2) is 0 Å². The molecule has 0 heterocycles. The molecule has 0 aliphatic carbocycles. The summed E-state index contributed by atoms with van der Waals surface area (Å²) in [6.45, 7) is 0. The number of rotatable bonds is 2. The molecule has 54 heavy (non-hydrogen) atoms. The van der Waals surface area contributed by atoms with Gasteiger partial charge in [-0.15, -0.1) is 0 Å². The van der Waals surface area contributed by atoms with Crippen LogP contribution >= 0.6 is 0 Å². The minimum absolute atomic E-state index is 1.28. The summed E-state index contributed by atoms with van der Waals surface area (Å²) in [4.78, 5) is 0. The van der Waals surface area contributed by atoms with Gasteiger partial charge in [-0.1, -0.05) is 182 Å². The first-order valence-corrected chi connectivity index (χ1v) is 18.9. The van der Waals surface area contributed by atoms with E-state index in [4.69, 9.17) is 0 Å². The molecule has 0 aromatic heterocycles. The van der Waals surface area contributed by atoms with Gasteiger partial charge in [-0.2, -0.15) is 0 Å². The van der Waals surface area contributed by atoms with Crippen LogP contribution in [0.25, 0.3) is 130 Å². The van der Waals surface area contributed by atoms with Gasteiger partial charge in [0.15, 0.2) is 0 Å². The molecule has 0 N–H and O–H groups in total. The second-order valence-corrected chi connectivity index (χ2v) is 15.0. The van der Waals surface area contributed by atoms with Gasteiger partial charge in [0.05, 0.1) is 0 Å². The average Bonchev–Trinajstić information content (AvgIpc) is 3.23. The van der Waals surface area contributed by atoms with Gasteiger partial charge >= 0.3 is 0 Å². The molecule has 0 heteroatoms. The van der Waals surface area contributed by atoms with E-state index in [-0.39, 0.29) is 0 Å². The highest BCUT2D eigenvalue weighted by Crippen LogP contribution is 2.50. The van der Waals surface area contributed by atoms with Crippen molar-refractivity contribution in [2.45, 2.75) is 0 Å². The minimum Gasteiger partial charge on any atom is -0.0616 e. The summed E-state index contributed by atoms with van der Waals surface area (Å²) in [5, 5.41) is 26.3. The van der Waals surface area contributed by atoms with Crippen molar-refractivity contribution in [3.63, 3.8) is 0 Å². The van der Waals surface area contributed by atoms with Crippen molar-refractivity contribution in [2.75, 3.05) is 0 Å². The Bertz CT molecular complexity index is 3310. The molecule has 0 saturated heterocycles. The maximum Gasteiger partial charge on any atom is -0.00201 e. The monoisotopic (exact) mass is 678 g/mol. The third kappa shape index (κ3) is 3.53. The number of benzene rings is 13. The summed E-state index contributed by atoms with van der Waals surface area (Å²) in [6.07, 6.45) is 0. The van der Waals surface area contributed by atoms with Crippen LogP contribution in [0, 0.1) is 0 Å². The van der Waals surface area contributed by atoms with E-state index >= 15 is 0 Å². The largest absolute Gasteiger partial charge is 0.0616 e. The molecular weight excluding hydrogens is 649 g/mol. The van der Waals surface area contributed by atoms with Crippen LogP contribution in [0.4, 0.5) is 0 Å². The predicted octanol–water partition coefficient (Wildman–Crippen LogP) is 15.4. The minimum atomic E-state index is 1.28. The maximum absolute atomic E-state index is 2.39. The summed E-state index contributed by atoms with van der Waals surface area (Å²) in [7, 11) is 0. The van der Waals surface area contributed by atoms with Gasteiger partial charge in [-0.3, -0.25) is 0 Å². The molecule has 0 nitrogen and oxygen atoms in total. The first-order valence-electron chi connectivity index (χ1n) is 18.9. The SMILES string of the molecule is c1ccc2c(-c3ccc4c5cccc6cccc(c7cccc3c74)c65)c3ccccc3c(-c3ccc4c5cccc6cccc(c7cccc3c74)c65)c2c1. The molecule has 0 unspecified atom stereocenters. The summed E-state index contributed by atoms with van der Waals surface area (Å²) >= 11 is 0. The lowest BCUT2D eigenvalue weighted by Gasteiger charge is -2.22. The van der Waals surface area contributed by atoms with E-state index in [2.05, 4.69) is 182 Å². The summed E-state index contributed by atoms with van der Waals surface area (Å²) in [5.74, 6) is 0. The van der Waals surface area contributed by atoms with Gasteiger partial charge in [0, 0.05) is 0 Å². The van der Waals surface area contributed by atoms with Crippen LogP contribution < -0.4 is 0 Å². The Morgan fingerprint density at radius 2 is 0.426 bits per heavy atom. The smallest absolute Gasteiger partial charge is 0.00201 e. The van der Waals surface area contributed by atoms with E-state index in [0.717, 1.165) is 0 Å². The standard InChI is InChI=1S/C54H30/c1-2-16-38-37(15-1)51(47-29-27-45-35-21-7-13-31-11-5-19-33(49(31)35)41-23-9-25-43(47)53(41)45)39-17-3-4-18-40(39)52(38)48-30-28-46-36-22-8-14-32-12-6-20-34(50(32)36)42-24-10-26-44(48)54(42)46/h1-30H. The zero-order chi connectivity index (χ0) is 35.1. The Balaban J connectivity index is 1.17. The summed E-state index contributed by atoms with van der Waals surface area (Å²) < 4.78 is 0. The van der Waals surface area contributed by atoms with E-state index < -0.39 is 0 Å². The highest BCUT2D eigenvalue weighted by atomic mass is 14.3. The van der Waals surface area contributed by atoms with Crippen LogP contribution in [0.15, 0.2) is 182 Å². The highest BCUT2D eigenvalue weighted by Gasteiger charge is 2.22. The molecule has 0 saturated carbocycles. The highest BCUT2D eigenvalue weighted by molar-refractivity contribution is 6.37. The third-order valence-corrected chi connectivity index (χ3v) is 12.5. The lowest BCUT2D eigenvalue weighted by Crippen LogP contribution is -1.94. The second kappa shape index (κ2) is 10.3. The van der Waals surface area contributed by atoms with Crippen LogP contribution in [0.2, 0.25) is 0 Å². The van der Waals surface area contributed by atoms with Crippen LogP contribution in [0.3, 0.4) is 0 Å². The average molecular weight is 679 g/mol. The summed E-state index contributed by atoms with van der Waals surface area (Å²) in [6, 6.07) is 68.6. The predicted molar refractivity (Wildman–Crippen MR) is 235 cm³/mol. The Labute approximate surface area is 310 Å². The van der Waals surface area contributed by atoms with Gasteiger partial charge in [-0.05, 0) is 130 Å². The first kappa shape index (κ1) is 28.6. The van der Waals surface area contributed by atoms with Crippen molar-refractivity contribution >= 4 is 108 Å². The molecule has 0 amide bonds. The quantitative estimate of drug-likeness (QED) is 0.126. The normalized spacial score (nSPS) is 12.4. The van der Waals surface area contributed by atoms with Crippen molar-refractivity contribution in [1.29, 1.82) is 0 Å². The fourth-order valence-corrected chi connectivity index (χ4v) is 10.4.